The first kappa shape index (κ1) is 13.8. The highest BCUT2D eigenvalue weighted by molar-refractivity contribution is 5.81. The minimum absolute atomic E-state index is 0.221. The third kappa shape index (κ3) is 2.31. The number of carboxylic acid groups (broad SMARTS) is 1. The maximum Gasteiger partial charge on any atom is 0.340 e. The van der Waals surface area contributed by atoms with Crippen molar-refractivity contribution in [3.05, 3.63) is 29.3 Å². The van der Waals surface area contributed by atoms with Crippen LogP contribution in [0.1, 0.15) is 17.5 Å². The number of hydrogen-bond donors (Lipinski definition) is 1. The first-order chi connectivity index (χ1) is 9.03. The molecule has 0 amide bonds. The van der Waals surface area contributed by atoms with Crippen molar-refractivity contribution in [3.8, 4) is 5.75 Å². The molecule has 1 aliphatic heterocycles. The van der Waals surface area contributed by atoms with Crippen molar-refractivity contribution in [3.63, 3.8) is 0 Å². The van der Waals surface area contributed by atoms with Crippen LogP contribution in [-0.4, -0.2) is 38.0 Å². The molecule has 1 unspecified atom stereocenters. The van der Waals surface area contributed by atoms with Crippen molar-refractivity contribution in [1.29, 1.82) is 0 Å². The molecule has 1 heterocycles. The quantitative estimate of drug-likeness (QED) is 0.899. The summed E-state index contributed by atoms with van der Waals surface area (Å²) >= 11 is 0. The van der Waals surface area contributed by atoms with E-state index in [4.69, 9.17) is 14.2 Å². The molecule has 1 fully saturated rings. The molecule has 0 aromatic heterocycles. The van der Waals surface area contributed by atoms with Gasteiger partial charge in [0.1, 0.15) is 5.75 Å². The van der Waals surface area contributed by atoms with Crippen LogP contribution in [0, 0.1) is 6.92 Å². The average Bonchev–Trinajstić information content (AvgIpc) is 2.84. The minimum Gasteiger partial charge on any atom is -0.496 e. The average molecular weight is 266 g/mol. The maximum atomic E-state index is 11.7. The number of carbonyl (C=O) groups is 1. The number of methoxy groups -OCH3 is 2. The van der Waals surface area contributed by atoms with E-state index in [1.807, 2.05) is 13.0 Å². The number of hydrogen-bond acceptors (Lipinski definition) is 4. The number of ether oxygens (including phenoxy) is 3. The summed E-state index contributed by atoms with van der Waals surface area (Å²) in [6.07, 6.45) is 0.0554. The smallest absolute Gasteiger partial charge is 0.340 e. The molecule has 5 nitrogen and oxygen atoms in total. The van der Waals surface area contributed by atoms with E-state index in [0.717, 1.165) is 5.56 Å². The normalized spacial score (nSPS) is 26.4. The number of aryl methyl sites for hydroxylation is 1. The van der Waals surface area contributed by atoms with Gasteiger partial charge in [-0.25, -0.2) is 4.79 Å². The van der Waals surface area contributed by atoms with Gasteiger partial charge in [-0.05, 0) is 19.1 Å². The lowest BCUT2D eigenvalue weighted by Gasteiger charge is -2.26. The Morgan fingerprint density at radius 2 is 2.21 bits per heavy atom. The van der Waals surface area contributed by atoms with Crippen LogP contribution in [0.3, 0.4) is 0 Å². The van der Waals surface area contributed by atoms with Crippen molar-refractivity contribution in [2.24, 2.45) is 0 Å². The van der Waals surface area contributed by atoms with E-state index in [2.05, 4.69) is 0 Å². The van der Waals surface area contributed by atoms with Crippen LogP contribution in [0.2, 0.25) is 0 Å². The summed E-state index contributed by atoms with van der Waals surface area (Å²) in [4.78, 5) is 11.7. The molecule has 19 heavy (non-hydrogen) atoms. The van der Waals surface area contributed by atoms with Crippen molar-refractivity contribution in [2.75, 3.05) is 20.8 Å². The monoisotopic (exact) mass is 266 g/mol. The van der Waals surface area contributed by atoms with Gasteiger partial charge in [0.2, 0.25) is 0 Å². The Morgan fingerprint density at radius 3 is 2.74 bits per heavy atom. The second-order valence-corrected chi connectivity index (χ2v) is 4.71. The highest BCUT2D eigenvalue weighted by atomic mass is 16.6. The fraction of sp³-hybridized carbons (Fsp3) is 0.500. The maximum absolute atomic E-state index is 11.7. The molecule has 2 atom stereocenters. The van der Waals surface area contributed by atoms with Crippen molar-refractivity contribution in [2.45, 2.75) is 25.0 Å². The third-order valence-electron chi connectivity index (χ3n) is 3.50. The van der Waals surface area contributed by atoms with E-state index in [1.54, 1.807) is 19.2 Å². The summed E-state index contributed by atoms with van der Waals surface area (Å²) in [6.45, 7) is 2.17. The lowest BCUT2D eigenvalue weighted by Crippen LogP contribution is -2.36. The van der Waals surface area contributed by atoms with Gasteiger partial charge in [0.15, 0.2) is 5.60 Å². The summed E-state index contributed by atoms with van der Waals surface area (Å²) in [5.41, 5.74) is 0.112. The van der Waals surface area contributed by atoms with Crippen LogP contribution in [0.4, 0.5) is 0 Å². The molecule has 1 aromatic carbocycles. The molecule has 1 N–H and O–H groups in total. The van der Waals surface area contributed by atoms with E-state index < -0.39 is 11.6 Å². The minimum atomic E-state index is -1.39. The van der Waals surface area contributed by atoms with Crippen molar-refractivity contribution in [1.82, 2.24) is 0 Å². The molecule has 0 aliphatic carbocycles. The first-order valence-corrected chi connectivity index (χ1v) is 6.08. The Balaban J connectivity index is 2.51. The summed E-state index contributed by atoms with van der Waals surface area (Å²) in [5.74, 6) is -0.499. The second-order valence-electron chi connectivity index (χ2n) is 4.71. The molecule has 1 saturated heterocycles. The zero-order valence-electron chi connectivity index (χ0n) is 11.3. The van der Waals surface area contributed by atoms with Crippen LogP contribution < -0.4 is 4.74 Å². The van der Waals surface area contributed by atoms with Gasteiger partial charge in [-0.15, -0.1) is 0 Å². The van der Waals surface area contributed by atoms with Gasteiger partial charge in [0, 0.05) is 19.1 Å². The topological polar surface area (TPSA) is 65.0 Å². The van der Waals surface area contributed by atoms with Crippen LogP contribution in [0.5, 0.6) is 5.75 Å². The summed E-state index contributed by atoms with van der Waals surface area (Å²) in [7, 11) is 3.08. The van der Waals surface area contributed by atoms with Gasteiger partial charge in [-0.2, -0.15) is 0 Å². The van der Waals surface area contributed by atoms with Crippen LogP contribution in [0.15, 0.2) is 18.2 Å². The lowest BCUT2D eigenvalue weighted by atomic mass is 9.88. The highest BCUT2D eigenvalue weighted by Crippen LogP contribution is 2.42. The first-order valence-electron chi connectivity index (χ1n) is 6.08. The Morgan fingerprint density at radius 1 is 1.47 bits per heavy atom. The Kier molecular flexibility index (Phi) is 3.78. The summed E-state index contributed by atoms with van der Waals surface area (Å²) < 4.78 is 16.1. The highest BCUT2D eigenvalue weighted by Gasteiger charge is 2.50. The Labute approximate surface area is 112 Å². The molecular formula is C14H18O5. The van der Waals surface area contributed by atoms with Crippen LogP contribution >= 0.6 is 0 Å². The molecular weight excluding hydrogens is 248 g/mol. The molecule has 0 saturated carbocycles. The summed E-state index contributed by atoms with van der Waals surface area (Å²) in [6, 6.07) is 5.43. The zero-order valence-corrected chi connectivity index (χ0v) is 11.3. The number of aliphatic carboxylic acids is 1. The van der Waals surface area contributed by atoms with Gasteiger partial charge in [-0.3, -0.25) is 0 Å². The van der Waals surface area contributed by atoms with Gasteiger partial charge >= 0.3 is 5.97 Å². The van der Waals surface area contributed by atoms with Gasteiger partial charge in [0.25, 0.3) is 0 Å². The fourth-order valence-corrected chi connectivity index (χ4v) is 2.41. The van der Waals surface area contributed by atoms with E-state index in [0.29, 0.717) is 11.3 Å². The Hall–Kier alpha value is -1.59. The molecule has 1 aliphatic rings. The predicted molar refractivity (Wildman–Crippen MR) is 68.4 cm³/mol. The van der Waals surface area contributed by atoms with Gasteiger partial charge in [0.05, 0.1) is 19.8 Å². The number of carboxylic acids is 1. The Bertz CT molecular complexity index is 485. The molecule has 5 heteroatoms. The lowest BCUT2D eigenvalue weighted by molar-refractivity contribution is -0.161. The molecule has 0 bridgehead atoms. The molecule has 0 radical (unpaired) electrons. The predicted octanol–water partition coefficient (Wildman–Crippen LogP) is 1.72. The summed E-state index contributed by atoms with van der Waals surface area (Å²) in [5, 5.41) is 9.61. The molecule has 1 aromatic rings. The van der Waals surface area contributed by atoms with Gasteiger partial charge in [-0.1, -0.05) is 11.6 Å². The van der Waals surface area contributed by atoms with E-state index in [9.17, 15) is 9.90 Å². The van der Waals surface area contributed by atoms with Crippen LogP contribution in [0.25, 0.3) is 0 Å². The second kappa shape index (κ2) is 5.19. The van der Waals surface area contributed by atoms with E-state index in [1.165, 1.54) is 7.11 Å². The third-order valence-corrected chi connectivity index (χ3v) is 3.50. The standard InChI is InChI=1S/C14H18O5/c1-9-4-5-12(18-3)11(6-9)14(13(15)16)7-10(17-2)8-19-14/h4-6,10H,7-8H2,1-3H3,(H,15,16)/t10-,14?/m0/s1. The van der Waals surface area contributed by atoms with Crippen LogP contribution in [-0.2, 0) is 19.9 Å². The largest absolute Gasteiger partial charge is 0.496 e. The molecule has 2 rings (SSSR count). The molecule has 0 spiro atoms. The molecule has 104 valence electrons. The van der Waals surface area contributed by atoms with Gasteiger partial charge < -0.3 is 19.3 Å². The van der Waals surface area contributed by atoms with Crippen molar-refractivity contribution < 1.29 is 24.1 Å². The fourth-order valence-electron chi connectivity index (χ4n) is 2.41. The zero-order chi connectivity index (χ0) is 14.0. The van der Waals surface area contributed by atoms with Crippen molar-refractivity contribution >= 4 is 5.97 Å². The SMILES string of the molecule is COc1ccc(C)cc1C1(C(=O)O)C[C@H](OC)CO1. The van der Waals surface area contributed by atoms with E-state index in [-0.39, 0.29) is 19.1 Å². The van der Waals surface area contributed by atoms with E-state index >= 15 is 0 Å². The number of rotatable bonds is 4. The number of benzene rings is 1.